The van der Waals surface area contributed by atoms with E-state index in [1.807, 2.05) is 22.9 Å². The first kappa shape index (κ1) is 26.4. The SMILES string of the molecule is FC(F)(F)Oc1ccccc1C(c1nnnn1C1CCCCC1)N1CCN(C/C=C/c2ccccc2)CC1. The van der Waals surface area contributed by atoms with Crippen molar-refractivity contribution in [2.24, 2.45) is 0 Å². The van der Waals surface area contributed by atoms with Gasteiger partial charge in [-0.2, -0.15) is 0 Å². The second-order valence-electron chi connectivity index (χ2n) is 9.91. The fourth-order valence-corrected chi connectivity index (χ4v) is 5.50. The first-order valence-corrected chi connectivity index (χ1v) is 13.3. The quantitative estimate of drug-likeness (QED) is 0.387. The fourth-order valence-electron chi connectivity index (χ4n) is 5.50. The summed E-state index contributed by atoms with van der Waals surface area (Å²) in [5.41, 5.74) is 1.58. The molecule has 0 radical (unpaired) electrons. The van der Waals surface area contributed by atoms with Gasteiger partial charge in [0.15, 0.2) is 5.82 Å². The first-order valence-electron chi connectivity index (χ1n) is 13.3. The Balaban J connectivity index is 1.38. The van der Waals surface area contributed by atoms with Gasteiger partial charge in [0, 0.05) is 38.3 Å². The molecule has 5 rings (SSSR count). The van der Waals surface area contributed by atoms with Gasteiger partial charge in [0.1, 0.15) is 11.8 Å². The van der Waals surface area contributed by atoms with Gasteiger partial charge in [0.2, 0.25) is 0 Å². The minimum atomic E-state index is -4.79. The number of tetrazole rings is 1. The number of alkyl halides is 3. The van der Waals surface area contributed by atoms with Crippen molar-refractivity contribution < 1.29 is 17.9 Å². The summed E-state index contributed by atoms with van der Waals surface area (Å²) in [6, 6.07) is 16.1. The van der Waals surface area contributed by atoms with E-state index in [1.54, 1.807) is 18.2 Å². The zero-order chi connectivity index (χ0) is 26.4. The van der Waals surface area contributed by atoms with Crippen LogP contribution in [0.1, 0.15) is 61.1 Å². The summed E-state index contributed by atoms with van der Waals surface area (Å²) in [5.74, 6) is 0.365. The maximum atomic E-state index is 13.3. The van der Waals surface area contributed by atoms with Crippen LogP contribution in [0.3, 0.4) is 0 Å². The Morgan fingerprint density at radius 1 is 0.921 bits per heavy atom. The van der Waals surface area contributed by atoms with Crippen molar-refractivity contribution in [1.29, 1.82) is 0 Å². The summed E-state index contributed by atoms with van der Waals surface area (Å²) in [4.78, 5) is 4.52. The smallest absolute Gasteiger partial charge is 0.405 e. The van der Waals surface area contributed by atoms with Crippen molar-refractivity contribution >= 4 is 6.08 Å². The summed E-state index contributed by atoms with van der Waals surface area (Å²) < 4.78 is 46.3. The van der Waals surface area contributed by atoms with Gasteiger partial charge in [0.25, 0.3) is 0 Å². The number of halogens is 3. The minimum Gasteiger partial charge on any atom is -0.405 e. The average Bonchev–Trinajstić information content (AvgIpc) is 3.40. The minimum absolute atomic E-state index is 0.149. The number of hydrogen-bond acceptors (Lipinski definition) is 6. The highest BCUT2D eigenvalue weighted by Gasteiger charge is 2.37. The van der Waals surface area contributed by atoms with Crippen molar-refractivity contribution in [3.05, 3.63) is 77.6 Å². The molecule has 2 fully saturated rings. The van der Waals surface area contributed by atoms with Crippen LogP contribution in [-0.4, -0.2) is 69.1 Å². The Morgan fingerprint density at radius 2 is 1.63 bits per heavy atom. The van der Waals surface area contributed by atoms with Gasteiger partial charge in [0.05, 0.1) is 6.04 Å². The van der Waals surface area contributed by atoms with Gasteiger partial charge in [-0.1, -0.05) is 79.9 Å². The lowest BCUT2D eigenvalue weighted by Crippen LogP contribution is -2.48. The average molecular weight is 527 g/mol. The van der Waals surface area contributed by atoms with E-state index in [0.717, 1.165) is 50.9 Å². The van der Waals surface area contributed by atoms with Crippen molar-refractivity contribution in [1.82, 2.24) is 30.0 Å². The molecular weight excluding hydrogens is 493 g/mol. The van der Waals surface area contributed by atoms with Crippen LogP contribution in [0.4, 0.5) is 13.2 Å². The monoisotopic (exact) mass is 526 g/mol. The molecule has 1 unspecified atom stereocenters. The van der Waals surface area contributed by atoms with Crippen LogP contribution in [0.5, 0.6) is 5.75 Å². The molecule has 0 bridgehead atoms. The summed E-state index contributed by atoms with van der Waals surface area (Å²) >= 11 is 0. The van der Waals surface area contributed by atoms with Crippen molar-refractivity contribution in [2.45, 2.75) is 50.6 Å². The molecule has 202 valence electrons. The van der Waals surface area contributed by atoms with E-state index in [9.17, 15) is 13.2 Å². The number of piperazine rings is 1. The molecule has 0 spiro atoms. The van der Waals surface area contributed by atoms with Crippen LogP contribution in [-0.2, 0) is 0 Å². The van der Waals surface area contributed by atoms with E-state index in [2.05, 4.69) is 54.3 Å². The Kier molecular flexibility index (Phi) is 8.38. The number of hydrogen-bond donors (Lipinski definition) is 0. The van der Waals surface area contributed by atoms with Crippen LogP contribution in [0, 0.1) is 0 Å². The van der Waals surface area contributed by atoms with Crippen molar-refractivity contribution in [3.8, 4) is 5.75 Å². The highest BCUT2D eigenvalue weighted by atomic mass is 19.4. The van der Waals surface area contributed by atoms with Crippen LogP contribution in [0.25, 0.3) is 6.08 Å². The standard InChI is InChI=1S/C28H33F3N6O/c29-28(30,31)38-25-16-8-7-15-24(25)26(27-32-33-34-37(27)23-13-5-2-6-14-23)36-20-18-35(19-21-36)17-9-12-22-10-3-1-4-11-22/h1,3-4,7-12,15-16,23,26H,2,5-6,13-14,17-21H2/b12-9+. The second-order valence-corrected chi connectivity index (χ2v) is 9.91. The normalized spacial score (nSPS) is 19.1. The fraction of sp³-hybridized carbons (Fsp3) is 0.464. The lowest BCUT2D eigenvalue weighted by molar-refractivity contribution is -0.275. The zero-order valence-corrected chi connectivity index (χ0v) is 21.3. The lowest BCUT2D eigenvalue weighted by atomic mass is 9.95. The highest BCUT2D eigenvalue weighted by molar-refractivity contribution is 5.48. The van der Waals surface area contributed by atoms with Crippen LogP contribution < -0.4 is 4.74 Å². The van der Waals surface area contributed by atoms with E-state index < -0.39 is 12.4 Å². The Morgan fingerprint density at radius 3 is 2.37 bits per heavy atom. The molecule has 1 saturated carbocycles. The summed E-state index contributed by atoms with van der Waals surface area (Å²) in [6.07, 6.45) is 4.77. The Hall–Kier alpha value is -3.24. The number of nitrogens with zero attached hydrogens (tertiary/aromatic N) is 6. The lowest BCUT2D eigenvalue weighted by Gasteiger charge is -2.39. The Labute approximate surface area is 220 Å². The van der Waals surface area contributed by atoms with Gasteiger partial charge in [-0.05, 0) is 34.9 Å². The molecule has 0 amide bonds. The van der Waals surface area contributed by atoms with Gasteiger partial charge in [-0.25, -0.2) is 4.68 Å². The molecule has 2 aliphatic rings. The predicted octanol–water partition coefficient (Wildman–Crippen LogP) is 5.50. The summed E-state index contributed by atoms with van der Waals surface area (Å²) in [7, 11) is 0. The number of rotatable bonds is 8. The third kappa shape index (κ3) is 6.60. The summed E-state index contributed by atoms with van der Waals surface area (Å²) in [5, 5.41) is 12.7. The molecule has 3 aromatic rings. The topological polar surface area (TPSA) is 59.3 Å². The van der Waals surface area contributed by atoms with Crippen LogP contribution >= 0.6 is 0 Å². The van der Waals surface area contributed by atoms with Gasteiger partial charge < -0.3 is 4.74 Å². The molecule has 1 aliphatic heterocycles. The van der Waals surface area contributed by atoms with Gasteiger partial charge in [-0.3, -0.25) is 9.80 Å². The molecule has 10 heteroatoms. The van der Waals surface area contributed by atoms with E-state index in [4.69, 9.17) is 0 Å². The number of para-hydroxylation sites is 1. The maximum absolute atomic E-state index is 13.3. The zero-order valence-electron chi connectivity index (χ0n) is 21.3. The van der Waals surface area contributed by atoms with E-state index in [-0.39, 0.29) is 11.8 Å². The Bertz CT molecular complexity index is 1180. The molecule has 1 atom stereocenters. The van der Waals surface area contributed by atoms with Crippen molar-refractivity contribution in [3.63, 3.8) is 0 Å². The number of benzene rings is 2. The third-order valence-electron chi connectivity index (χ3n) is 7.37. The van der Waals surface area contributed by atoms with E-state index in [1.165, 1.54) is 12.5 Å². The van der Waals surface area contributed by atoms with Crippen LogP contribution in [0.2, 0.25) is 0 Å². The molecule has 0 N–H and O–H groups in total. The molecule has 2 heterocycles. The molecule has 1 saturated heterocycles. The molecule has 2 aromatic carbocycles. The van der Waals surface area contributed by atoms with E-state index in [0.29, 0.717) is 24.5 Å². The molecule has 1 aromatic heterocycles. The number of aromatic nitrogens is 4. The largest absolute Gasteiger partial charge is 0.573 e. The van der Waals surface area contributed by atoms with Crippen LogP contribution in [0.15, 0.2) is 60.7 Å². The maximum Gasteiger partial charge on any atom is 0.573 e. The summed E-state index contributed by atoms with van der Waals surface area (Å²) in [6.45, 7) is 3.70. The highest BCUT2D eigenvalue weighted by Crippen LogP contribution is 2.38. The number of ether oxygens (including phenoxy) is 1. The van der Waals surface area contributed by atoms with Gasteiger partial charge in [-0.15, -0.1) is 18.3 Å². The van der Waals surface area contributed by atoms with Gasteiger partial charge >= 0.3 is 6.36 Å². The molecule has 1 aliphatic carbocycles. The molecular formula is C28H33F3N6O. The second kappa shape index (κ2) is 12.1. The molecule has 7 nitrogen and oxygen atoms in total. The third-order valence-corrected chi connectivity index (χ3v) is 7.37. The molecule has 38 heavy (non-hydrogen) atoms. The van der Waals surface area contributed by atoms with Crippen molar-refractivity contribution in [2.75, 3.05) is 32.7 Å². The predicted molar refractivity (Wildman–Crippen MR) is 138 cm³/mol. The van der Waals surface area contributed by atoms with E-state index >= 15 is 0 Å². The first-order chi connectivity index (χ1) is 18.5.